The minimum atomic E-state index is 0. The predicted molar refractivity (Wildman–Crippen MR) is 330 cm³/mol. The van der Waals surface area contributed by atoms with Gasteiger partial charge in [-0.2, -0.15) is 24.3 Å². The number of hydrogen-bond acceptors (Lipinski definition) is 0. The zero-order valence-corrected chi connectivity index (χ0v) is 54.5. The molecular weight excluding hydrogens is 1170 g/mol. The summed E-state index contributed by atoms with van der Waals surface area (Å²) in [7, 11) is 0. The van der Waals surface area contributed by atoms with Crippen LogP contribution in [0.4, 0.5) is 0 Å². The molecule has 12 rings (SSSR count). The first kappa shape index (κ1) is 63.8. The number of aryl methyl sites for hydroxylation is 4. The van der Waals surface area contributed by atoms with Gasteiger partial charge in [0.2, 0.25) is 0 Å². The number of fused-ring (bicyclic) bond motifs is 4. The molecule has 12 aromatic rings. The first-order chi connectivity index (χ1) is 37.2. The molecule has 0 amide bonds. The van der Waals surface area contributed by atoms with Crippen LogP contribution in [0.25, 0.3) is 87.6 Å². The van der Waals surface area contributed by atoms with E-state index in [9.17, 15) is 0 Å². The standard InChI is InChI=1S/4C16H13.2C4H9Si.2ClH.2Zr/c4*1-12-10-14-8-5-9-15(16(14)11-12)13-6-3-2-4-7-13;2*1-2-3-4-5;;;;/h4*2-11H,1H3;2*2-4H2,1H3;2*1H;;/q4*-1;;;;;2*+2/p-2. The molecule has 0 atom stereocenters. The quantitative estimate of drug-likeness (QED) is 0.0727. The van der Waals surface area contributed by atoms with Crippen molar-refractivity contribution in [2.75, 3.05) is 0 Å². The fourth-order valence-electron chi connectivity index (χ4n) is 9.55. The van der Waals surface area contributed by atoms with Gasteiger partial charge in [0.25, 0.3) is 0 Å². The summed E-state index contributed by atoms with van der Waals surface area (Å²) in [6.45, 7) is 13.1. The van der Waals surface area contributed by atoms with E-state index in [1.807, 2.05) is 0 Å². The summed E-state index contributed by atoms with van der Waals surface area (Å²) in [5.41, 5.74) is 15.8. The van der Waals surface area contributed by atoms with Crippen LogP contribution < -0.4 is 24.8 Å². The van der Waals surface area contributed by atoms with Crippen LogP contribution in [0.5, 0.6) is 0 Å². The molecule has 390 valence electrons. The molecule has 0 saturated carbocycles. The Morgan fingerprint density at radius 2 is 0.526 bits per heavy atom. The largest absolute Gasteiger partial charge is 1.00 e. The monoisotopic (exact) mass is 1240 g/mol. The first-order valence-electron chi connectivity index (χ1n) is 26.9. The van der Waals surface area contributed by atoms with Crippen molar-refractivity contribution in [2.45, 2.75) is 79.3 Å². The molecule has 78 heavy (non-hydrogen) atoms. The maximum absolute atomic E-state index is 2.26. The third-order valence-corrected chi connectivity index (χ3v) is 18.1. The minimum absolute atomic E-state index is 0. The molecule has 0 fully saturated rings. The fraction of sp³-hybridized carbons (Fsp3) is 0.167. The van der Waals surface area contributed by atoms with Crippen molar-refractivity contribution in [3.8, 4) is 44.5 Å². The maximum atomic E-state index is 2.26. The molecule has 12 aromatic carbocycles. The van der Waals surface area contributed by atoms with E-state index < -0.39 is 0 Å². The van der Waals surface area contributed by atoms with E-state index in [4.69, 9.17) is 0 Å². The van der Waals surface area contributed by atoms with E-state index in [0.29, 0.717) is 0 Å². The summed E-state index contributed by atoms with van der Waals surface area (Å²) in [6, 6.07) is 89.2. The van der Waals surface area contributed by atoms with Gasteiger partial charge < -0.3 is 24.8 Å². The molecule has 0 unspecified atom stereocenters. The molecule has 0 nitrogen and oxygen atoms in total. The average molecular weight is 1240 g/mol. The smallest absolute Gasteiger partial charge is 0.0279 e. The zero-order valence-electron chi connectivity index (χ0n) is 46.1. The third-order valence-electron chi connectivity index (χ3n) is 13.2. The Hall–Kier alpha value is -5.02. The molecular formula is C72H70Cl2Si2Zr2-2. The van der Waals surface area contributed by atoms with Crippen LogP contribution in [0.15, 0.2) is 243 Å². The van der Waals surface area contributed by atoms with E-state index in [1.165, 1.54) is 160 Å². The van der Waals surface area contributed by atoms with Crippen molar-refractivity contribution < 1.29 is 71.5 Å². The molecule has 0 aromatic heterocycles. The molecule has 0 N–H and O–H groups in total. The summed E-state index contributed by atoms with van der Waals surface area (Å²) in [6.07, 6.45) is 8.16. The Morgan fingerprint density at radius 1 is 0.308 bits per heavy atom. The Bertz CT molecular complexity index is 3170. The van der Waals surface area contributed by atoms with Crippen molar-refractivity contribution in [3.63, 3.8) is 0 Å². The first-order valence-corrected chi connectivity index (χ1v) is 36.6. The van der Waals surface area contributed by atoms with Crippen LogP contribution in [0.1, 0.15) is 61.8 Å². The van der Waals surface area contributed by atoms with Gasteiger partial charge in [-0.1, -0.05) is 196 Å². The topological polar surface area (TPSA) is 0 Å². The van der Waals surface area contributed by atoms with E-state index in [0.717, 1.165) is 0 Å². The van der Waals surface area contributed by atoms with Gasteiger partial charge in [0.15, 0.2) is 0 Å². The van der Waals surface area contributed by atoms with E-state index in [2.05, 4.69) is 284 Å². The second kappa shape index (κ2) is 34.2. The zero-order chi connectivity index (χ0) is 53.5. The van der Waals surface area contributed by atoms with Crippen LogP contribution >= 0.6 is 0 Å². The molecule has 0 saturated heterocycles. The van der Waals surface area contributed by atoms with Gasteiger partial charge in [0.05, 0.1) is 0 Å². The van der Waals surface area contributed by atoms with Gasteiger partial charge >= 0.3 is 111 Å². The molecule has 0 aliphatic rings. The Balaban J connectivity index is 0.000000178. The average Bonchev–Trinajstić information content (AvgIpc) is 4.26. The molecule has 6 heteroatoms. The summed E-state index contributed by atoms with van der Waals surface area (Å²) in [5.74, 6) is 0. The van der Waals surface area contributed by atoms with Gasteiger partial charge in [-0.3, -0.25) is 0 Å². The van der Waals surface area contributed by atoms with Crippen molar-refractivity contribution >= 4 is 55.4 Å². The fourth-order valence-corrected chi connectivity index (χ4v) is 13.2. The van der Waals surface area contributed by atoms with E-state index in [1.54, 1.807) is 46.7 Å². The van der Waals surface area contributed by atoms with Gasteiger partial charge in [-0.25, -0.2) is 0 Å². The summed E-state index contributed by atoms with van der Waals surface area (Å²) >= 11 is 3.45. The van der Waals surface area contributed by atoms with Crippen LogP contribution in [-0.4, -0.2) is 12.3 Å². The van der Waals surface area contributed by atoms with Crippen LogP contribution in [0.2, 0.25) is 12.1 Å². The van der Waals surface area contributed by atoms with Crippen molar-refractivity contribution in [2.24, 2.45) is 0 Å². The second-order valence-corrected chi connectivity index (χ2v) is 26.3. The normalized spacial score (nSPS) is 10.2. The Morgan fingerprint density at radius 3 is 0.705 bits per heavy atom. The van der Waals surface area contributed by atoms with Gasteiger partial charge in [0.1, 0.15) is 0 Å². The number of rotatable bonds is 10. The van der Waals surface area contributed by atoms with E-state index >= 15 is 0 Å². The minimum Gasteiger partial charge on any atom is -1.00 e. The number of hydrogen-bond donors (Lipinski definition) is 0. The summed E-state index contributed by atoms with van der Waals surface area (Å²) in [5, 5.41) is 10.7. The SMILES string of the molecule is CCCC[Si]=[Zr+2].CCCC[Si]=[Zr+2].Cc1cc2c(-c3ccccc3)cccc2[cH-]1.Cc1cc2c(-c3ccccc3)cccc2[cH-]1.Cc1cc2c(-c3ccccc3)cccc2[cH-]1.Cc1cc2c(-c3ccccc3)cccc2[cH-]1.[Cl-].[Cl-]. The molecule has 0 spiro atoms. The molecule has 0 heterocycles. The maximum Gasteiger partial charge on any atom is -0.0279 e. The van der Waals surface area contributed by atoms with Crippen LogP contribution in [0, 0.1) is 27.7 Å². The molecule has 0 aliphatic heterocycles. The van der Waals surface area contributed by atoms with Gasteiger partial charge in [-0.05, 0) is 22.3 Å². The third kappa shape index (κ3) is 18.5. The molecule has 0 aliphatic carbocycles. The van der Waals surface area contributed by atoms with Crippen molar-refractivity contribution in [1.82, 2.24) is 0 Å². The van der Waals surface area contributed by atoms with Crippen LogP contribution in [0.3, 0.4) is 0 Å². The van der Waals surface area contributed by atoms with Gasteiger partial charge in [0, 0.05) is 0 Å². The summed E-state index contributed by atoms with van der Waals surface area (Å²) < 4.78 is 0. The second-order valence-electron chi connectivity index (χ2n) is 19.4. The van der Waals surface area contributed by atoms with Gasteiger partial charge in [-0.15, -0.1) is 138 Å². The van der Waals surface area contributed by atoms with Crippen LogP contribution in [-0.2, 0) is 46.7 Å². The predicted octanol–water partition coefficient (Wildman–Crippen LogP) is 14.9. The number of halogens is 2. The summed E-state index contributed by atoms with van der Waals surface area (Å²) in [4.78, 5) is 0. The van der Waals surface area contributed by atoms with E-state index in [-0.39, 0.29) is 24.8 Å². The number of unbranched alkanes of at least 4 members (excludes halogenated alkanes) is 2. The molecule has 2 radical (unpaired) electrons. The Kier molecular flexibility index (Phi) is 28.0. The van der Waals surface area contributed by atoms with Crippen molar-refractivity contribution in [3.05, 3.63) is 265 Å². The van der Waals surface area contributed by atoms with Crippen molar-refractivity contribution in [1.29, 1.82) is 0 Å². The Labute approximate surface area is 510 Å². The molecule has 0 bridgehead atoms. The number of benzene rings is 8.